The Morgan fingerprint density at radius 1 is 1.47 bits per heavy atom. The molecule has 78 valence electrons. The van der Waals surface area contributed by atoms with Gasteiger partial charge in [0.15, 0.2) is 5.69 Å². The minimum Gasteiger partial charge on any atom is -0.477 e. The molecule has 0 aliphatic carbocycles. The molecule has 0 aromatic carbocycles. The Kier molecular flexibility index (Phi) is 2.15. The summed E-state index contributed by atoms with van der Waals surface area (Å²) in [4.78, 5) is 10.9. The minimum absolute atomic E-state index is 0.131. The lowest BCUT2D eigenvalue weighted by atomic mass is 10.1. The first-order chi connectivity index (χ1) is 7.11. The third-order valence-electron chi connectivity index (χ3n) is 2.23. The molecule has 2 aromatic heterocycles. The highest BCUT2D eigenvalue weighted by atomic mass is 16.4. The van der Waals surface area contributed by atoms with Crippen LogP contribution in [0.3, 0.4) is 0 Å². The SMILES string of the molecule is CC(C)c1nnn2c(C(=O)O)cccc12. The van der Waals surface area contributed by atoms with Gasteiger partial charge >= 0.3 is 5.97 Å². The normalized spacial score (nSPS) is 11.1. The summed E-state index contributed by atoms with van der Waals surface area (Å²) in [5, 5.41) is 16.8. The summed E-state index contributed by atoms with van der Waals surface area (Å²) >= 11 is 0. The topological polar surface area (TPSA) is 67.5 Å². The predicted molar refractivity (Wildman–Crippen MR) is 54.0 cm³/mol. The Bertz CT molecular complexity index is 516. The van der Waals surface area contributed by atoms with E-state index in [1.165, 1.54) is 10.6 Å². The summed E-state index contributed by atoms with van der Waals surface area (Å²) in [7, 11) is 0. The smallest absolute Gasteiger partial charge is 0.354 e. The van der Waals surface area contributed by atoms with Gasteiger partial charge in [-0.05, 0) is 18.1 Å². The summed E-state index contributed by atoms with van der Waals surface area (Å²) in [5.74, 6) is -0.771. The van der Waals surface area contributed by atoms with Crippen LogP contribution in [0.25, 0.3) is 5.52 Å². The first kappa shape index (κ1) is 9.64. The average Bonchev–Trinajstić information content (AvgIpc) is 2.59. The molecule has 0 fully saturated rings. The second kappa shape index (κ2) is 3.34. The summed E-state index contributed by atoms with van der Waals surface area (Å²) in [6.45, 7) is 3.99. The Labute approximate surface area is 86.3 Å². The van der Waals surface area contributed by atoms with Crippen molar-refractivity contribution in [3.05, 3.63) is 29.6 Å². The monoisotopic (exact) mass is 205 g/mol. The molecule has 0 saturated heterocycles. The van der Waals surface area contributed by atoms with Gasteiger partial charge in [0.2, 0.25) is 0 Å². The second-order valence-electron chi connectivity index (χ2n) is 3.64. The molecule has 0 spiro atoms. The lowest BCUT2D eigenvalue weighted by Crippen LogP contribution is -2.05. The van der Waals surface area contributed by atoms with Crippen LogP contribution in [-0.2, 0) is 0 Å². The molecule has 2 aromatic rings. The first-order valence-corrected chi connectivity index (χ1v) is 4.69. The molecular formula is C10H11N3O2. The van der Waals surface area contributed by atoms with E-state index in [9.17, 15) is 4.79 Å². The van der Waals surface area contributed by atoms with E-state index in [-0.39, 0.29) is 11.6 Å². The van der Waals surface area contributed by atoms with Gasteiger partial charge in [-0.25, -0.2) is 9.31 Å². The summed E-state index contributed by atoms with van der Waals surface area (Å²) in [6, 6.07) is 5.03. The van der Waals surface area contributed by atoms with Crippen molar-refractivity contribution in [2.75, 3.05) is 0 Å². The Hall–Kier alpha value is -1.91. The van der Waals surface area contributed by atoms with Gasteiger partial charge in [-0.1, -0.05) is 25.1 Å². The van der Waals surface area contributed by atoms with Crippen LogP contribution in [0.4, 0.5) is 0 Å². The largest absolute Gasteiger partial charge is 0.477 e. The van der Waals surface area contributed by atoms with E-state index in [1.807, 2.05) is 19.9 Å². The van der Waals surface area contributed by atoms with Crippen LogP contribution in [0.1, 0.15) is 35.9 Å². The number of carboxylic acids is 1. The predicted octanol–water partition coefficient (Wildman–Crippen LogP) is 1.55. The standard InChI is InChI=1S/C10H11N3O2/c1-6(2)9-7-4-3-5-8(10(14)15)13(7)12-11-9/h3-6H,1-2H3,(H,14,15). The van der Waals surface area contributed by atoms with Crippen LogP contribution in [0.5, 0.6) is 0 Å². The zero-order chi connectivity index (χ0) is 11.0. The number of carboxylic acid groups (broad SMARTS) is 1. The molecule has 0 unspecified atom stereocenters. The van der Waals surface area contributed by atoms with Gasteiger partial charge in [0.25, 0.3) is 0 Å². The summed E-state index contributed by atoms with van der Waals surface area (Å²) < 4.78 is 1.36. The molecule has 0 amide bonds. The Morgan fingerprint density at radius 2 is 2.20 bits per heavy atom. The fourth-order valence-electron chi connectivity index (χ4n) is 1.51. The molecule has 0 saturated carbocycles. The van der Waals surface area contributed by atoms with E-state index in [0.717, 1.165) is 11.2 Å². The van der Waals surface area contributed by atoms with Gasteiger partial charge < -0.3 is 5.11 Å². The highest BCUT2D eigenvalue weighted by Gasteiger charge is 2.14. The van der Waals surface area contributed by atoms with E-state index in [4.69, 9.17) is 5.11 Å². The summed E-state index contributed by atoms with van der Waals surface area (Å²) in [6.07, 6.45) is 0. The minimum atomic E-state index is -0.999. The van der Waals surface area contributed by atoms with Gasteiger partial charge in [-0.3, -0.25) is 0 Å². The van der Waals surface area contributed by atoms with Gasteiger partial charge in [-0.2, -0.15) is 0 Å². The zero-order valence-electron chi connectivity index (χ0n) is 8.51. The van der Waals surface area contributed by atoms with E-state index in [2.05, 4.69) is 10.3 Å². The van der Waals surface area contributed by atoms with Crippen molar-refractivity contribution in [1.82, 2.24) is 14.8 Å². The molecule has 5 nitrogen and oxygen atoms in total. The van der Waals surface area contributed by atoms with Gasteiger partial charge in [-0.15, -0.1) is 5.10 Å². The first-order valence-electron chi connectivity index (χ1n) is 4.69. The van der Waals surface area contributed by atoms with Crippen molar-refractivity contribution >= 4 is 11.5 Å². The lowest BCUT2D eigenvalue weighted by Gasteiger charge is -2.01. The molecule has 1 N–H and O–H groups in total. The van der Waals surface area contributed by atoms with E-state index in [1.54, 1.807) is 6.07 Å². The van der Waals surface area contributed by atoms with Crippen LogP contribution in [-0.4, -0.2) is 25.9 Å². The second-order valence-corrected chi connectivity index (χ2v) is 3.64. The molecule has 2 heterocycles. The number of rotatable bonds is 2. The Morgan fingerprint density at radius 3 is 2.80 bits per heavy atom. The molecule has 0 bridgehead atoms. The van der Waals surface area contributed by atoms with E-state index >= 15 is 0 Å². The van der Waals surface area contributed by atoms with Crippen molar-refractivity contribution in [3.8, 4) is 0 Å². The van der Waals surface area contributed by atoms with Gasteiger partial charge in [0, 0.05) is 0 Å². The van der Waals surface area contributed by atoms with Crippen LogP contribution in [0, 0.1) is 0 Å². The molecule has 2 rings (SSSR count). The fourth-order valence-corrected chi connectivity index (χ4v) is 1.51. The van der Waals surface area contributed by atoms with Crippen LogP contribution >= 0.6 is 0 Å². The van der Waals surface area contributed by atoms with Gasteiger partial charge in [0.1, 0.15) is 0 Å². The van der Waals surface area contributed by atoms with E-state index < -0.39 is 5.97 Å². The van der Waals surface area contributed by atoms with Crippen LogP contribution in [0.2, 0.25) is 0 Å². The number of hydrogen-bond donors (Lipinski definition) is 1. The Balaban J connectivity index is 2.74. The number of hydrogen-bond acceptors (Lipinski definition) is 3. The maximum Gasteiger partial charge on any atom is 0.354 e. The molecule has 0 aliphatic rings. The average molecular weight is 205 g/mol. The number of aromatic nitrogens is 3. The number of pyridine rings is 1. The van der Waals surface area contributed by atoms with Crippen LogP contribution < -0.4 is 0 Å². The van der Waals surface area contributed by atoms with Crippen molar-refractivity contribution in [1.29, 1.82) is 0 Å². The highest BCUT2D eigenvalue weighted by molar-refractivity contribution is 5.86. The quantitative estimate of drug-likeness (QED) is 0.807. The van der Waals surface area contributed by atoms with Crippen molar-refractivity contribution < 1.29 is 9.90 Å². The maximum absolute atomic E-state index is 10.9. The third-order valence-corrected chi connectivity index (χ3v) is 2.23. The molecule has 0 aliphatic heterocycles. The highest BCUT2D eigenvalue weighted by Crippen LogP contribution is 2.18. The molecule has 0 atom stereocenters. The van der Waals surface area contributed by atoms with Crippen molar-refractivity contribution in [2.45, 2.75) is 19.8 Å². The lowest BCUT2D eigenvalue weighted by molar-refractivity contribution is 0.0687. The number of carbonyl (C=O) groups is 1. The van der Waals surface area contributed by atoms with Crippen LogP contribution in [0.15, 0.2) is 18.2 Å². The van der Waals surface area contributed by atoms with Crippen molar-refractivity contribution in [3.63, 3.8) is 0 Å². The molecular weight excluding hydrogens is 194 g/mol. The fraction of sp³-hybridized carbons (Fsp3) is 0.300. The summed E-state index contributed by atoms with van der Waals surface area (Å²) in [5.41, 5.74) is 1.70. The molecule has 5 heteroatoms. The number of fused-ring (bicyclic) bond motifs is 1. The molecule has 0 radical (unpaired) electrons. The molecule has 15 heavy (non-hydrogen) atoms. The van der Waals surface area contributed by atoms with E-state index in [0.29, 0.717) is 0 Å². The zero-order valence-corrected chi connectivity index (χ0v) is 8.51. The van der Waals surface area contributed by atoms with Crippen molar-refractivity contribution in [2.24, 2.45) is 0 Å². The number of nitrogens with zero attached hydrogens (tertiary/aromatic N) is 3. The van der Waals surface area contributed by atoms with Gasteiger partial charge in [0.05, 0.1) is 11.2 Å². The maximum atomic E-state index is 10.9. The number of aromatic carboxylic acids is 1. The third kappa shape index (κ3) is 1.45.